The topological polar surface area (TPSA) is 68.5 Å². The fourth-order valence-corrected chi connectivity index (χ4v) is 3.05. The first kappa shape index (κ1) is 15.3. The lowest BCUT2D eigenvalue weighted by atomic mass is 10.0. The third kappa shape index (κ3) is 3.44. The van der Waals surface area contributed by atoms with Crippen molar-refractivity contribution in [1.29, 1.82) is 0 Å². The first-order chi connectivity index (χ1) is 11.1. The van der Waals surface area contributed by atoms with Crippen molar-refractivity contribution in [3.05, 3.63) is 59.3 Å². The van der Waals surface area contributed by atoms with E-state index in [-0.39, 0.29) is 12.1 Å². The van der Waals surface area contributed by atoms with Crippen molar-refractivity contribution >= 4 is 11.9 Å². The van der Waals surface area contributed by atoms with Gasteiger partial charge >= 0.3 is 6.09 Å². The Kier molecular flexibility index (Phi) is 4.46. The van der Waals surface area contributed by atoms with Gasteiger partial charge in [0.2, 0.25) is 0 Å². The highest BCUT2D eigenvalue weighted by atomic mass is 16.6. The van der Waals surface area contributed by atoms with Gasteiger partial charge < -0.3 is 15.4 Å². The van der Waals surface area contributed by atoms with Crippen LogP contribution >= 0.6 is 0 Å². The summed E-state index contributed by atoms with van der Waals surface area (Å²) in [6.45, 7) is 2.93. The SMILES string of the molecule is Cc1nc(N)ccc1C1CCCN1C(=O)OCc1ccccc1. The molecule has 120 valence electrons. The minimum absolute atomic E-state index is 0.0198. The molecule has 0 aliphatic carbocycles. The van der Waals surface area contributed by atoms with Crippen LogP contribution in [0, 0.1) is 6.92 Å². The van der Waals surface area contributed by atoms with Crippen LogP contribution in [-0.4, -0.2) is 22.5 Å². The molecule has 0 bridgehead atoms. The molecular weight excluding hydrogens is 290 g/mol. The summed E-state index contributed by atoms with van der Waals surface area (Å²) in [5.41, 5.74) is 8.63. The van der Waals surface area contributed by atoms with Crippen LogP contribution in [0.4, 0.5) is 10.6 Å². The number of rotatable bonds is 3. The Balaban J connectivity index is 1.69. The van der Waals surface area contributed by atoms with E-state index >= 15 is 0 Å². The molecule has 0 saturated carbocycles. The van der Waals surface area contributed by atoms with Crippen LogP contribution in [0.2, 0.25) is 0 Å². The molecule has 1 aliphatic heterocycles. The summed E-state index contributed by atoms with van der Waals surface area (Å²) in [5.74, 6) is 0.502. The highest BCUT2D eigenvalue weighted by molar-refractivity contribution is 5.69. The van der Waals surface area contributed by atoms with Crippen LogP contribution in [0.3, 0.4) is 0 Å². The molecule has 23 heavy (non-hydrogen) atoms. The summed E-state index contributed by atoms with van der Waals surface area (Å²) in [4.78, 5) is 18.5. The molecule has 1 fully saturated rings. The lowest BCUT2D eigenvalue weighted by Gasteiger charge is -2.25. The van der Waals surface area contributed by atoms with Crippen molar-refractivity contribution in [2.75, 3.05) is 12.3 Å². The van der Waals surface area contributed by atoms with E-state index in [9.17, 15) is 4.79 Å². The molecule has 5 nitrogen and oxygen atoms in total. The van der Waals surface area contributed by atoms with Gasteiger partial charge in [0.15, 0.2) is 0 Å². The number of likely N-dealkylation sites (tertiary alicyclic amines) is 1. The predicted octanol–water partition coefficient (Wildman–Crippen LogP) is 3.45. The average molecular weight is 311 g/mol. The van der Waals surface area contributed by atoms with Crippen LogP contribution < -0.4 is 5.73 Å². The molecule has 0 radical (unpaired) electrons. The number of anilines is 1. The second kappa shape index (κ2) is 6.69. The van der Waals surface area contributed by atoms with E-state index in [1.54, 1.807) is 11.0 Å². The molecule has 0 spiro atoms. The maximum Gasteiger partial charge on any atom is 0.410 e. The molecule has 1 saturated heterocycles. The molecule has 1 aromatic carbocycles. The van der Waals surface area contributed by atoms with Crippen molar-refractivity contribution in [2.24, 2.45) is 0 Å². The van der Waals surface area contributed by atoms with Gasteiger partial charge in [-0.1, -0.05) is 36.4 Å². The van der Waals surface area contributed by atoms with Gasteiger partial charge in [-0.05, 0) is 37.0 Å². The second-order valence-electron chi connectivity index (χ2n) is 5.80. The Bertz CT molecular complexity index is 688. The Morgan fingerprint density at radius 2 is 2.09 bits per heavy atom. The zero-order valence-corrected chi connectivity index (χ0v) is 13.2. The highest BCUT2D eigenvalue weighted by Gasteiger charge is 2.32. The third-order valence-corrected chi connectivity index (χ3v) is 4.20. The third-order valence-electron chi connectivity index (χ3n) is 4.20. The number of nitrogens with two attached hydrogens (primary N) is 1. The van der Waals surface area contributed by atoms with Crippen molar-refractivity contribution in [1.82, 2.24) is 9.88 Å². The molecule has 2 heterocycles. The van der Waals surface area contributed by atoms with Crippen LogP contribution in [0.15, 0.2) is 42.5 Å². The number of hydrogen-bond donors (Lipinski definition) is 1. The summed E-state index contributed by atoms with van der Waals surface area (Å²) >= 11 is 0. The molecule has 1 aromatic heterocycles. The summed E-state index contributed by atoms with van der Waals surface area (Å²) in [7, 11) is 0. The van der Waals surface area contributed by atoms with Gasteiger partial charge in [0.25, 0.3) is 0 Å². The minimum Gasteiger partial charge on any atom is -0.445 e. The van der Waals surface area contributed by atoms with E-state index in [1.165, 1.54) is 0 Å². The number of ether oxygens (including phenoxy) is 1. The van der Waals surface area contributed by atoms with E-state index < -0.39 is 0 Å². The van der Waals surface area contributed by atoms with Gasteiger partial charge in [-0.15, -0.1) is 0 Å². The van der Waals surface area contributed by atoms with E-state index in [1.807, 2.05) is 43.3 Å². The lowest BCUT2D eigenvalue weighted by Crippen LogP contribution is -2.31. The summed E-state index contributed by atoms with van der Waals surface area (Å²) < 4.78 is 5.47. The van der Waals surface area contributed by atoms with Gasteiger partial charge in [0.05, 0.1) is 6.04 Å². The number of aromatic nitrogens is 1. The normalized spacial score (nSPS) is 17.3. The summed E-state index contributed by atoms with van der Waals surface area (Å²) in [6.07, 6.45) is 1.62. The van der Waals surface area contributed by atoms with E-state index in [0.717, 1.165) is 29.7 Å². The van der Waals surface area contributed by atoms with E-state index in [4.69, 9.17) is 10.5 Å². The Hall–Kier alpha value is -2.56. The molecule has 1 unspecified atom stereocenters. The Morgan fingerprint density at radius 1 is 1.30 bits per heavy atom. The number of pyridine rings is 1. The first-order valence-corrected chi connectivity index (χ1v) is 7.85. The van der Waals surface area contributed by atoms with Gasteiger partial charge in [-0.25, -0.2) is 9.78 Å². The fourth-order valence-electron chi connectivity index (χ4n) is 3.05. The lowest BCUT2D eigenvalue weighted by molar-refractivity contribution is 0.0919. The van der Waals surface area contributed by atoms with Crippen LogP contribution in [0.25, 0.3) is 0 Å². The van der Waals surface area contributed by atoms with Gasteiger partial charge in [0, 0.05) is 12.2 Å². The van der Waals surface area contributed by atoms with Crippen molar-refractivity contribution < 1.29 is 9.53 Å². The van der Waals surface area contributed by atoms with Crippen molar-refractivity contribution in [3.63, 3.8) is 0 Å². The number of aryl methyl sites for hydroxylation is 1. The summed E-state index contributed by atoms with van der Waals surface area (Å²) in [5, 5.41) is 0. The summed E-state index contributed by atoms with van der Waals surface area (Å²) in [6, 6.07) is 13.5. The molecule has 1 aliphatic rings. The predicted molar refractivity (Wildman–Crippen MR) is 88.7 cm³/mol. The van der Waals surface area contributed by atoms with Gasteiger partial charge in [0.1, 0.15) is 12.4 Å². The van der Waals surface area contributed by atoms with Crippen molar-refractivity contribution in [2.45, 2.75) is 32.4 Å². The number of amides is 1. The zero-order valence-electron chi connectivity index (χ0n) is 13.2. The highest BCUT2D eigenvalue weighted by Crippen LogP contribution is 2.34. The van der Waals surface area contributed by atoms with E-state index in [0.29, 0.717) is 19.0 Å². The smallest absolute Gasteiger partial charge is 0.410 e. The number of benzene rings is 1. The van der Waals surface area contributed by atoms with Crippen LogP contribution in [0.5, 0.6) is 0 Å². The van der Waals surface area contributed by atoms with Crippen LogP contribution in [-0.2, 0) is 11.3 Å². The quantitative estimate of drug-likeness (QED) is 0.942. The van der Waals surface area contributed by atoms with Crippen molar-refractivity contribution in [3.8, 4) is 0 Å². The maximum atomic E-state index is 12.4. The monoisotopic (exact) mass is 311 g/mol. The first-order valence-electron chi connectivity index (χ1n) is 7.85. The number of nitrogen functional groups attached to an aromatic ring is 1. The molecular formula is C18H21N3O2. The Labute approximate surface area is 136 Å². The maximum absolute atomic E-state index is 12.4. The standard InChI is InChI=1S/C18H21N3O2/c1-13-15(9-10-17(19)20-13)16-8-5-11-21(16)18(22)23-12-14-6-3-2-4-7-14/h2-4,6-7,9-10,16H,5,8,11-12H2,1H3,(H2,19,20). The molecule has 3 rings (SSSR count). The number of carbonyl (C=O) groups is 1. The molecule has 2 aromatic rings. The van der Waals surface area contributed by atoms with Gasteiger partial charge in [-0.2, -0.15) is 0 Å². The largest absolute Gasteiger partial charge is 0.445 e. The number of carbonyl (C=O) groups excluding carboxylic acids is 1. The second-order valence-corrected chi connectivity index (χ2v) is 5.80. The molecule has 2 N–H and O–H groups in total. The molecule has 1 amide bonds. The number of hydrogen-bond acceptors (Lipinski definition) is 4. The number of nitrogens with zero attached hydrogens (tertiary/aromatic N) is 2. The minimum atomic E-state index is -0.271. The average Bonchev–Trinajstić information content (AvgIpc) is 3.03. The van der Waals surface area contributed by atoms with Crippen LogP contribution in [0.1, 0.15) is 35.7 Å². The molecule has 1 atom stereocenters. The zero-order chi connectivity index (χ0) is 16.2. The molecule has 5 heteroatoms. The van der Waals surface area contributed by atoms with E-state index in [2.05, 4.69) is 4.98 Å². The Morgan fingerprint density at radius 3 is 2.83 bits per heavy atom. The van der Waals surface area contributed by atoms with Gasteiger partial charge in [-0.3, -0.25) is 0 Å². The fraction of sp³-hybridized carbons (Fsp3) is 0.333.